The van der Waals surface area contributed by atoms with Gasteiger partial charge in [0, 0.05) is 29.1 Å². The number of thiophene rings is 1. The zero-order chi connectivity index (χ0) is 19.3. The molecule has 0 radical (unpaired) electrons. The van der Waals surface area contributed by atoms with Crippen LogP contribution < -0.4 is 15.4 Å². The minimum atomic E-state index is -0.0470. The molecule has 2 N–H and O–H groups in total. The minimum absolute atomic E-state index is 0.0470. The number of aryl methyl sites for hydroxylation is 1. The normalized spacial score (nSPS) is 13.7. The molecule has 0 fully saturated rings. The number of hydrogen-bond acceptors (Lipinski definition) is 5. The summed E-state index contributed by atoms with van der Waals surface area (Å²) in [5.41, 5.74) is 9.94. The fourth-order valence-corrected chi connectivity index (χ4v) is 4.86. The Bertz CT molecular complexity index is 1230. The highest BCUT2D eigenvalue weighted by molar-refractivity contribution is 7.21. The number of fused-ring (bicyclic) bond motifs is 3. The molecule has 0 saturated heterocycles. The van der Waals surface area contributed by atoms with Gasteiger partial charge in [-0.2, -0.15) is 0 Å². The van der Waals surface area contributed by atoms with Gasteiger partial charge in [-0.05, 0) is 42.7 Å². The molecule has 140 valence electrons. The molecule has 1 amide bonds. The number of nitrogens with zero attached hydrogens (tertiary/aromatic N) is 2. The molecule has 0 atom stereocenters. The number of rotatable bonds is 2. The predicted molar refractivity (Wildman–Crippen MR) is 115 cm³/mol. The average Bonchev–Trinajstić information content (AvgIpc) is 3.06. The number of anilines is 2. The van der Waals surface area contributed by atoms with E-state index in [1.165, 1.54) is 16.9 Å². The van der Waals surface area contributed by atoms with Crippen molar-refractivity contribution < 1.29 is 9.53 Å². The first kappa shape index (κ1) is 17.0. The first-order chi connectivity index (χ1) is 13.7. The maximum atomic E-state index is 13.4. The standard InChI is InChI=1S/C22H19N3O2S/c1-27-15-9-8-14-11-16-19(23)20(28-21(16)24-17(14)12-15)22(26)25-10-4-6-13-5-2-3-7-18(13)25/h2-3,5,7-9,11-12H,4,6,10,23H2,1H3. The number of nitrogens with two attached hydrogens (primary N) is 1. The lowest BCUT2D eigenvalue weighted by Gasteiger charge is -2.29. The van der Waals surface area contributed by atoms with Crippen LogP contribution in [0.2, 0.25) is 0 Å². The van der Waals surface area contributed by atoms with Crippen LogP contribution in [-0.2, 0) is 6.42 Å². The third-order valence-electron chi connectivity index (χ3n) is 5.27. The Hall–Kier alpha value is -3.12. The number of carbonyl (C=O) groups is 1. The van der Waals surface area contributed by atoms with Crippen molar-refractivity contribution in [2.75, 3.05) is 24.3 Å². The summed E-state index contributed by atoms with van der Waals surface area (Å²) in [4.78, 5) is 21.3. The van der Waals surface area contributed by atoms with Crippen LogP contribution in [0.4, 0.5) is 11.4 Å². The van der Waals surface area contributed by atoms with E-state index in [-0.39, 0.29) is 5.91 Å². The summed E-state index contributed by atoms with van der Waals surface area (Å²) >= 11 is 1.36. The Balaban J connectivity index is 1.62. The molecule has 1 aliphatic rings. The Morgan fingerprint density at radius 2 is 2.07 bits per heavy atom. The molecule has 2 aromatic heterocycles. The molecule has 0 bridgehead atoms. The van der Waals surface area contributed by atoms with Crippen LogP contribution in [0.5, 0.6) is 5.75 Å². The fraction of sp³-hybridized carbons (Fsp3) is 0.182. The number of pyridine rings is 1. The average molecular weight is 389 g/mol. The van der Waals surface area contributed by atoms with Crippen molar-refractivity contribution in [2.45, 2.75) is 12.8 Å². The smallest absolute Gasteiger partial charge is 0.270 e. The molecule has 3 heterocycles. The van der Waals surface area contributed by atoms with Gasteiger partial charge in [-0.3, -0.25) is 4.79 Å². The van der Waals surface area contributed by atoms with Crippen molar-refractivity contribution in [2.24, 2.45) is 0 Å². The molecule has 0 spiro atoms. The van der Waals surface area contributed by atoms with Crippen molar-refractivity contribution in [3.8, 4) is 5.75 Å². The number of methoxy groups -OCH3 is 1. The Morgan fingerprint density at radius 3 is 2.93 bits per heavy atom. The van der Waals surface area contributed by atoms with Crippen LogP contribution in [0, 0.1) is 0 Å². The van der Waals surface area contributed by atoms with E-state index in [1.54, 1.807) is 7.11 Å². The van der Waals surface area contributed by atoms with E-state index in [0.29, 0.717) is 17.1 Å². The highest BCUT2D eigenvalue weighted by atomic mass is 32.1. The van der Waals surface area contributed by atoms with Crippen molar-refractivity contribution in [3.05, 3.63) is 59.0 Å². The van der Waals surface area contributed by atoms with Crippen molar-refractivity contribution in [3.63, 3.8) is 0 Å². The van der Waals surface area contributed by atoms with Crippen molar-refractivity contribution in [1.29, 1.82) is 0 Å². The summed E-state index contributed by atoms with van der Waals surface area (Å²) in [7, 11) is 1.63. The lowest BCUT2D eigenvalue weighted by Crippen LogP contribution is -2.35. The number of para-hydroxylation sites is 1. The molecule has 0 unspecified atom stereocenters. The van der Waals surface area contributed by atoms with Gasteiger partial charge in [0.2, 0.25) is 0 Å². The van der Waals surface area contributed by atoms with E-state index in [9.17, 15) is 4.79 Å². The van der Waals surface area contributed by atoms with Gasteiger partial charge in [0.25, 0.3) is 5.91 Å². The lowest BCUT2D eigenvalue weighted by atomic mass is 10.0. The van der Waals surface area contributed by atoms with E-state index < -0.39 is 0 Å². The molecule has 2 aromatic carbocycles. The molecule has 5 nitrogen and oxygen atoms in total. The zero-order valence-electron chi connectivity index (χ0n) is 15.4. The predicted octanol–water partition coefficient (Wildman–Crippen LogP) is 4.63. The van der Waals surface area contributed by atoms with Gasteiger partial charge >= 0.3 is 0 Å². The molecule has 5 rings (SSSR count). The second-order valence-electron chi connectivity index (χ2n) is 6.93. The van der Waals surface area contributed by atoms with Crippen molar-refractivity contribution >= 4 is 49.7 Å². The number of ether oxygens (including phenoxy) is 1. The van der Waals surface area contributed by atoms with Crippen LogP contribution >= 0.6 is 11.3 Å². The second-order valence-corrected chi connectivity index (χ2v) is 7.93. The first-order valence-corrected chi connectivity index (χ1v) is 10.0. The SMILES string of the molecule is COc1ccc2cc3c(N)c(C(=O)N4CCCc5ccccc54)sc3nc2c1. The van der Waals surface area contributed by atoms with Gasteiger partial charge in [-0.1, -0.05) is 18.2 Å². The first-order valence-electron chi connectivity index (χ1n) is 9.22. The number of benzene rings is 2. The molecule has 0 saturated carbocycles. The summed E-state index contributed by atoms with van der Waals surface area (Å²) in [5.74, 6) is 0.708. The fourth-order valence-electron chi connectivity index (χ4n) is 3.83. The van der Waals surface area contributed by atoms with Crippen LogP contribution in [0.3, 0.4) is 0 Å². The van der Waals surface area contributed by atoms with Crippen LogP contribution in [0.15, 0.2) is 48.5 Å². The molecular formula is C22H19N3O2S. The third kappa shape index (κ3) is 2.60. The maximum Gasteiger partial charge on any atom is 0.270 e. The Labute approximate surface area is 166 Å². The highest BCUT2D eigenvalue weighted by Gasteiger charge is 2.27. The molecule has 0 aliphatic carbocycles. The summed E-state index contributed by atoms with van der Waals surface area (Å²) in [5, 5.41) is 1.80. The maximum absolute atomic E-state index is 13.4. The molecule has 1 aliphatic heterocycles. The number of aromatic nitrogens is 1. The van der Waals surface area contributed by atoms with Crippen LogP contribution in [0.25, 0.3) is 21.1 Å². The quantitative estimate of drug-likeness (QED) is 0.543. The number of hydrogen-bond donors (Lipinski definition) is 1. The molecule has 28 heavy (non-hydrogen) atoms. The van der Waals surface area contributed by atoms with E-state index in [1.807, 2.05) is 47.4 Å². The summed E-state index contributed by atoms with van der Waals surface area (Å²) in [6, 6.07) is 15.8. The molecule has 6 heteroatoms. The number of nitrogen functional groups attached to an aromatic ring is 1. The van der Waals surface area contributed by atoms with Gasteiger partial charge in [-0.25, -0.2) is 4.98 Å². The molecular weight excluding hydrogens is 370 g/mol. The van der Waals surface area contributed by atoms with Gasteiger partial charge in [0.05, 0.1) is 18.3 Å². The Kier molecular flexibility index (Phi) is 3.94. The second kappa shape index (κ2) is 6.49. The van der Waals surface area contributed by atoms with Crippen molar-refractivity contribution in [1.82, 2.24) is 4.98 Å². The minimum Gasteiger partial charge on any atom is -0.497 e. The van der Waals surface area contributed by atoms with Gasteiger partial charge in [-0.15, -0.1) is 11.3 Å². The highest BCUT2D eigenvalue weighted by Crippen LogP contribution is 2.37. The van der Waals surface area contributed by atoms with Gasteiger partial charge < -0.3 is 15.4 Å². The van der Waals surface area contributed by atoms with Crippen LogP contribution in [-0.4, -0.2) is 24.5 Å². The number of carbonyl (C=O) groups excluding carboxylic acids is 1. The van der Waals surface area contributed by atoms with Gasteiger partial charge in [0.1, 0.15) is 15.5 Å². The van der Waals surface area contributed by atoms with E-state index in [2.05, 4.69) is 6.07 Å². The van der Waals surface area contributed by atoms with E-state index >= 15 is 0 Å². The summed E-state index contributed by atoms with van der Waals surface area (Å²) < 4.78 is 5.29. The summed E-state index contributed by atoms with van der Waals surface area (Å²) in [6.07, 6.45) is 1.95. The third-order valence-corrected chi connectivity index (χ3v) is 6.38. The number of amides is 1. The largest absolute Gasteiger partial charge is 0.497 e. The van der Waals surface area contributed by atoms with E-state index in [0.717, 1.165) is 45.4 Å². The molecule has 4 aromatic rings. The lowest BCUT2D eigenvalue weighted by molar-refractivity contribution is 0.0990. The van der Waals surface area contributed by atoms with Crippen LogP contribution in [0.1, 0.15) is 21.7 Å². The monoisotopic (exact) mass is 389 g/mol. The Morgan fingerprint density at radius 1 is 1.21 bits per heavy atom. The van der Waals surface area contributed by atoms with Gasteiger partial charge in [0.15, 0.2) is 0 Å². The topological polar surface area (TPSA) is 68.5 Å². The zero-order valence-corrected chi connectivity index (χ0v) is 16.3. The van der Waals surface area contributed by atoms with E-state index in [4.69, 9.17) is 15.5 Å². The summed E-state index contributed by atoms with van der Waals surface area (Å²) in [6.45, 7) is 0.704.